The first-order valence-electron chi connectivity index (χ1n) is 5.09. The van der Waals surface area contributed by atoms with Crippen LogP contribution in [0.25, 0.3) is 0 Å². The molecule has 1 rings (SSSR count). The highest BCUT2D eigenvalue weighted by Gasteiger charge is 2.07. The van der Waals surface area contributed by atoms with Gasteiger partial charge in [-0.2, -0.15) is 0 Å². The zero-order valence-electron chi connectivity index (χ0n) is 9.46. The molecule has 0 aromatic heterocycles. The molecule has 0 bridgehead atoms. The summed E-state index contributed by atoms with van der Waals surface area (Å²) in [5, 5.41) is 0. The van der Waals surface area contributed by atoms with Crippen LogP contribution in [0.1, 0.15) is 12.5 Å². The van der Waals surface area contributed by atoms with Crippen LogP contribution in [0, 0.1) is 5.82 Å². The Morgan fingerprint density at radius 2 is 2.19 bits per heavy atom. The summed E-state index contributed by atoms with van der Waals surface area (Å²) < 4.78 is 23.0. The molecule has 0 saturated carbocycles. The summed E-state index contributed by atoms with van der Waals surface area (Å²) in [7, 11) is 1.40. The molecular formula is C12H15FO3. The van der Waals surface area contributed by atoms with Crippen LogP contribution in [0.4, 0.5) is 4.39 Å². The first-order valence-corrected chi connectivity index (χ1v) is 5.09. The van der Waals surface area contributed by atoms with Crippen molar-refractivity contribution in [3.05, 3.63) is 29.6 Å². The van der Waals surface area contributed by atoms with Gasteiger partial charge in [0.2, 0.25) is 0 Å². The van der Waals surface area contributed by atoms with Gasteiger partial charge < -0.3 is 9.47 Å². The van der Waals surface area contributed by atoms with Crippen molar-refractivity contribution in [3.8, 4) is 5.75 Å². The number of carbonyl (C=O) groups is 1. The van der Waals surface area contributed by atoms with Crippen LogP contribution in [0.2, 0.25) is 0 Å². The van der Waals surface area contributed by atoms with Crippen LogP contribution in [-0.4, -0.2) is 26.1 Å². The summed E-state index contributed by atoms with van der Waals surface area (Å²) in [4.78, 5) is 11.4. The van der Waals surface area contributed by atoms with E-state index in [2.05, 4.69) is 0 Å². The Balaban J connectivity index is 2.61. The molecule has 0 unspecified atom stereocenters. The van der Waals surface area contributed by atoms with E-state index in [1.807, 2.05) is 6.92 Å². The standard InChI is InChI=1S/C12H15FO3/c1-3-16-8-10(14)6-9-4-5-12(15-2)11(13)7-9/h4-5,7H,3,6,8H2,1-2H3. The number of hydrogen-bond acceptors (Lipinski definition) is 3. The molecule has 0 radical (unpaired) electrons. The van der Waals surface area contributed by atoms with Crippen molar-refractivity contribution in [3.63, 3.8) is 0 Å². The van der Waals surface area contributed by atoms with Gasteiger partial charge in [-0.25, -0.2) is 4.39 Å². The third-order valence-electron chi connectivity index (χ3n) is 2.08. The minimum atomic E-state index is -0.454. The molecule has 0 aliphatic carbocycles. The second-order valence-corrected chi connectivity index (χ2v) is 3.32. The third kappa shape index (κ3) is 3.62. The van der Waals surface area contributed by atoms with Gasteiger partial charge in [-0.1, -0.05) is 6.07 Å². The fourth-order valence-electron chi connectivity index (χ4n) is 1.31. The van der Waals surface area contributed by atoms with Gasteiger partial charge in [0.05, 0.1) is 7.11 Å². The van der Waals surface area contributed by atoms with Gasteiger partial charge in [0.25, 0.3) is 0 Å². The summed E-state index contributed by atoms with van der Waals surface area (Å²) in [6.45, 7) is 2.40. The van der Waals surface area contributed by atoms with E-state index in [1.54, 1.807) is 6.07 Å². The zero-order chi connectivity index (χ0) is 12.0. The second-order valence-electron chi connectivity index (χ2n) is 3.32. The Labute approximate surface area is 94.2 Å². The average molecular weight is 226 g/mol. The van der Waals surface area contributed by atoms with Gasteiger partial charge in [-0.3, -0.25) is 4.79 Å². The Kier molecular flexibility index (Phi) is 4.92. The molecule has 1 aromatic carbocycles. The number of rotatable bonds is 6. The van der Waals surface area contributed by atoms with Gasteiger partial charge in [-0.05, 0) is 24.6 Å². The molecule has 0 amide bonds. The average Bonchev–Trinajstić information content (AvgIpc) is 2.26. The van der Waals surface area contributed by atoms with Crippen molar-refractivity contribution in [2.24, 2.45) is 0 Å². The summed E-state index contributed by atoms with van der Waals surface area (Å²) in [5.41, 5.74) is 0.628. The molecular weight excluding hydrogens is 211 g/mol. The maximum Gasteiger partial charge on any atom is 0.165 e. The van der Waals surface area contributed by atoms with Gasteiger partial charge in [-0.15, -0.1) is 0 Å². The second kappa shape index (κ2) is 6.23. The lowest BCUT2D eigenvalue weighted by molar-refractivity contribution is -0.122. The third-order valence-corrected chi connectivity index (χ3v) is 2.08. The molecule has 0 saturated heterocycles. The van der Waals surface area contributed by atoms with Crippen LogP contribution in [0.15, 0.2) is 18.2 Å². The molecule has 0 atom stereocenters. The largest absolute Gasteiger partial charge is 0.494 e. The summed E-state index contributed by atoms with van der Waals surface area (Å²) in [6, 6.07) is 4.49. The maximum atomic E-state index is 13.3. The lowest BCUT2D eigenvalue weighted by Crippen LogP contribution is -2.11. The minimum Gasteiger partial charge on any atom is -0.494 e. The van der Waals surface area contributed by atoms with E-state index in [-0.39, 0.29) is 24.6 Å². The highest BCUT2D eigenvalue weighted by molar-refractivity contribution is 5.82. The first kappa shape index (κ1) is 12.6. The number of ketones is 1. The van der Waals surface area contributed by atoms with E-state index < -0.39 is 5.82 Å². The lowest BCUT2D eigenvalue weighted by Gasteiger charge is -2.05. The number of halogens is 1. The Morgan fingerprint density at radius 1 is 1.44 bits per heavy atom. The maximum absolute atomic E-state index is 13.3. The molecule has 0 fully saturated rings. The molecule has 0 aliphatic rings. The van der Waals surface area contributed by atoms with E-state index in [9.17, 15) is 9.18 Å². The lowest BCUT2D eigenvalue weighted by atomic mass is 10.1. The number of methoxy groups -OCH3 is 1. The zero-order valence-corrected chi connectivity index (χ0v) is 9.46. The number of benzene rings is 1. The summed E-state index contributed by atoms with van der Waals surface area (Å²) in [6.07, 6.45) is 0.181. The summed E-state index contributed by atoms with van der Waals surface area (Å²) in [5.74, 6) is -0.336. The predicted octanol–water partition coefficient (Wildman–Crippen LogP) is 1.98. The summed E-state index contributed by atoms with van der Waals surface area (Å²) >= 11 is 0. The monoisotopic (exact) mass is 226 g/mol. The Bertz CT molecular complexity index is 363. The normalized spacial score (nSPS) is 10.2. The molecule has 0 aliphatic heterocycles. The molecule has 0 N–H and O–H groups in total. The van der Waals surface area contributed by atoms with Gasteiger partial charge in [0, 0.05) is 13.0 Å². The number of ether oxygens (including phenoxy) is 2. The number of Topliss-reactive ketones (excluding diaryl/α,β-unsaturated/α-hetero) is 1. The molecule has 88 valence electrons. The van der Waals surface area contributed by atoms with E-state index >= 15 is 0 Å². The number of hydrogen-bond donors (Lipinski definition) is 0. The molecule has 16 heavy (non-hydrogen) atoms. The van der Waals surface area contributed by atoms with E-state index in [1.165, 1.54) is 19.2 Å². The Hall–Kier alpha value is -1.42. The van der Waals surface area contributed by atoms with E-state index in [4.69, 9.17) is 9.47 Å². The fraction of sp³-hybridized carbons (Fsp3) is 0.417. The van der Waals surface area contributed by atoms with E-state index in [0.717, 1.165) is 0 Å². The molecule has 0 spiro atoms. The number of carbonyl (C=O) groups excluding carboxylic acids is 1. The van der Waals surface area contributed by atoms with Crippen LogP contribution in [0.3, 0.4) is 0 Å². The van der Waals surface area contributed by atoms with Crippen LogP contribution < -0.4 is 4.74 Å². The smallest absolute Gasteiger partial charge is 0.165 e. The highest BCUT2D eigenvalue weighted by atomic mass is 19.1. The highest BCUT2D eigenvalue weighted by Crippen LogP contribution is 2.17. The van der Waals surface area contributed by atoms with Crippen molar-refractivity contribution < 1.29 is 18.7 Å². The molecule has 3 nitrogen and oxygen atoms in total. The van der Waals surface area contributed by atoms with Crippen molar-refractivity contribution in [2.45, 2.75) is 13.3 Å². The molecule has 4 heteroatoms. The SMILES string of the molecule is CCOCC(=O)Cc1ccc(OC)c(F)c1. The van der Waals surface area contributed by atoms with Crippen LogP contribution >= 0.6 is 0 Å². The molecule has 0 heterocycles. The minimum absolute atomic E-state index is 0.0635. The van der Waals surface area contributed by atoms with Crippen LogP contribution in [-0.2, 0) is 16.0 Å². The van der Waals surface area contributed by atoms with Crippen LogP contribution in [0.5, 0.6) is 5.75 Å². The van der Waals surface area contributed by atoms with Crippen molar-refractivity contribution >= 4 is 5.78 Å². The predicted molar refractivity (Wildman–Crippen MR) is 58.2 cm³/mol. The van der Waals surface area contributed by atoms with Gasteiger partial charge in [0.1, 0.15) is 6.61 Å². The van der Waals surface area contributed by atoms with Crippen molar-refractivity contribution in [1.82, 2.24) is 0 Å². The quantitative estimate of drug-likeness (QED) is 0.744. The Morgan fingerprint density at radius 3 is 2.75 bits per heavy atom. The van der Waals surface area contributed by atoms with E-state index in [0.29, 0.717) is 12.2 Å². The fourth-order valence-corrected chi connectivity index (χ4v) is 1.31. The van der Waals surface area contributed by atoms with Gasteiger partial charge in [0.15, 0.2) is 17.3 Å². The van der Waals surface area contributed by atoms with Crippen molar-refractivity contribution in [1.29, 1.82) is 0 Å². The van der Waals surface area contributed by atoms with Gasteiger partial charge >= 0.3 is 0 Å². The topological polar surface area (TPSA) is 35.5 Å². The first-order chi connectivity index (χ1) is 7.67. The van der Waals surface area contributed by atoms with Crippen molar-refractivity contribution in [2.75, 3.05) is 20.3 Å². The molecule has 1 aromatic rings.